The van der Waals surface area contributed by atoms with Crippen LogP contribution in [0.1, 0.15) is 49.8 Å². The fourth-order valence-corrected chi connectivity index (χ4v) is 2.93. The number of carbonyl (C=O) groups excluding carboxylic acids is 2. The Hall–Kier alpha value is -2.62. The summed E-state index contributed by atoms with van der Waals surface area (Å²) in [5, 5.41) is 2.91. The van der Waals surface area contributed by atoms with Crippen molar-refractivity contribution < 1.29 is 14.3 Å². The van der Waals surface area contributed by atoms with Crippen LogP contribution in [0.3, 0.4) is 0 Å². The highest BCUT2D eigenvalue weighted by Crippen LogP contribution is 2.22. The zero-order valence-electron chi connectivity index (χ0n) is 15.7. The molecule has 26 heavy (non-hydrogen) atoms. The maximum absolute atomic E-state index is 12.2. The van der Waals surface area contributed by atoms with E-state index in [2.05, 4.69) is 19.2 Å². The lowest BCUT2D eigenvalue weighted by Crippen LogP contribution is -2.22. The molecule has 4 heteroatoms. The van der Waals surface area contributed by atoms with E-state index in [9.17, 15) is 9.59 Å². The molecular weight excluding hydrogens is 326 g/mol. The Morgan fingerprint density at radius 3 is 2.15 bits per heavy atom. The lowest BCUT2D eigenvalue weighted by Gasteiger charge is -2.15. The van der Waals surface area contributed by atoms with Crippen LogP contribution in [0.5, 0.6) is 0 Å². The van der Waals surface area contributed by atoms with Crippen LogP contribution < -0.4 is 5.32 Å². The largest absolute Gasteiger partial charge is 0.456 e. The molecule has 0 saturated carbocycles. The number of carbonyl (C=O) groups is 2. The first-order valence-corrected chi connectivity index (χ1v) is 9.16. The lowest BCUT2D eigenvalue weighted by atomic mass is 9.98. The first kappa shape index (κ1) is 19.7. The van der Waals surface area contributed by atoms with E-state index in [4.69, 9.17) is 4.74 Å². The van der Waals surface area contributed by atoms with Crippen LogP contribution in [0.4, 0.5) is 5.69 Å². The maximum Gasteiger partial charge on any atom is 0.306 e. The van der Waals surface area contributed by atoms with E-state index < -0.39 is 0 Å². The minimum Gasteiger partial charge on any atom is -0.456 e. The molecule has 0 bridgehead atoms. The van der Waals surface area contributed by atoms with E-state index in [1.165, 1.54) is 0 Å². The second kappa shape index (κ2) is 9.76. The normalized spacial score (nSPS) is 11.7. The van der Waals surface area contributed by atoms with Gasteiger partial charge in [0.25, 0.3) is 5.91 Å². The predicted octanol–water partition coefficient (Wildman–Crippen LogP) is 4.49. The standard InChI is InChI=1S/C22H27NO3/c1-4-17-12-9-13-18(5-2)22(17)23-20(24)15-26-21(25)14-16(3)19-10-7-6-8-11-19/h6-13,16H,4-5,14-15H2,1-3H3,(H,23,24)/t16-/m0/s1. The van der Waals surface area contributed by atoms with Crippen molar-refractivity contribution in [3.05, 3.63) is 65.2 Å². The Balaban J connectivity index is 1.88. The third-order valence-electron chi connectivity index (χ3n) is 4.47. The third-order valence-corrected chi connectivity index (χ3v) is 4.47. The summed E-state index contributed by atoms with van der Waals surface area (Å²) < 4.78 is 5.16. The quantitative estimate of drug-likeness (QED) is 0.712. The van der Waals surface area contributed by atoms with E-state index >= 15 is 0 Å². The zero-order chi connectivity index (χ0) is 18.9. The van der Waals surface area contributed by atoms with Gasteiger partial charge >= 0.3 is 5.97 Å². The SMILES string of the molecule is CCc1cccc(CC)c1NC(=O)COC(=O)C[C@H](C)c1ccccc1. The molecule has 2 aromatic carbocycles. The highest BCUT2D eigenvalue weighted by Gasteiger charge is 2.15. The molecule has 2 aromatic rings. The molecule has 1 amide bonds. The van der Waals surface area contributed by atoms with Crippen molar-refractivity contribution in [2.45, 2.75) is 46.0 Å². The number of esters is 1. The topological polar surface area (TPSA) is 55.4 Å². The van der Waals surface area contributed by atoms with Crippen LogP contribution in [-0.4, -0.2) is 18.5 Å². The van der Waals surface area contributed by atoms with Crippen molar-refractivity contribution in [1.29, 1.82) is 0 Å². The molecule has 1 atom stereocenters. The molecular formula is C22H27NO3. The number of ether oxygens (including phenoxy) is 1. The Kier molecular flexibility index (Phi) is 7.39. The summed E-state index contributed by atoms with van der Waals surface area (Å²) in [4.78, 5) is 24.2. The van der Waals surface area contributed by atoms with Gasteiger partial charge in [-0.25, -0.2) is 0 Å². The van der Waals surface area contributed by atoms with Crippen molar-refractivity contribution in [2.24, 2.45) is 0 Å². The van der Waals surface area contributed by atoms with Crippen LogP contribution in [0, 0.1) is 0 Å². The Morgan fingerprint density at radius 2 is 1.58 bits per heavy atom. The lowest BCUT2D eigenvalue weighted by molar-refractivity contribution is -0.147. The van der Waals surface area contributed by atoms with Gasteiger partial charge < -0.3 is 10.1 Å². The number of anilines is 1. The van der Waals surface area contributed by atoms with Gasteiger partial charge in [-0.2, -0.15) is 0 Å². The van der Waals surface area contributed by atoms with Gasteiger partial charge in [-0.15, -0.1) is 0 Å². The minimum absolute atomic E-state index is 0.0549. The Labute approximate surface area is 155 Å². The van der Waals surface area contributed by atoms with E-state index in [-0.39, 0.29) is 30.8 Å². The molecule has 0 saturated heterocycles. The summed E-state index contributed by atoms with van der Waals surface area (Å²) in [5.41, 5.74) is 4.10. The van der Waals surface area contributed by atoms with Crippen molar-refractivity contribution >= 4 is 17.6 Å². The van der Waals surface area contributed by atoms with Gasteiger partial charge in [-0.05, 0) is 35.4 Å². The zero-order valence-corrected chi connectivity index (χ0v) is 15.7. The van der Waals surface area contributed by atoms with E-state index in [1.54, 1.807) is 0 Å². The van der Waals surface area contributed by atoms with Gasteiger partial charge in [0.2, 0.25) is 0 Å². The number of rotatable bonds is 8. The number of amides is 1. The van der Waals surface area contributed by atoms with Gasteiger partial charge in [-0.1, -0.05) is 69.3 Å². The number of hydrogen-bond donors (Lipinski definition) is 1. The van der Waals surface area contributed by atoms with Crippen LogP contribution in [0.15, 0.2) is 48.5 Å². The highest BCUT2D eigenvalue weighted by molar-refractivity contribution is 5.94. The maximum atomic E-state index is 12.2. The fourth-order valence-electron chi connectivity index (χ4n) is 2.93. The van der Waals surface area contributed by atoms with Crippen molar-refractivity contribution in [2.75, 3.05) is 11.9 Å². The molecule has 0 unspecified atom stereocenters. The van der Waals surface area contributed by atoms with Crippen LogP contribution in [0.25, 0.3) is 0 Å². The van der Waals surface area contributed by atoms with Gasteiger partial charge in [0.05, 0.1) is 6.42 Å². The highest BCUT2D eigenvalue weighted by atomic mass is 16.5. The predicted molar refractivity (Wildman–Crippen MR) is 104 cm³/mol. The molecule has 1 N–H and O–H groups in total. The first-order chi connectivity index (χ1) is 12.5. The van der Waals surface area contributed by atoms with Crippen molar-refractivity contribution in [3.8, 4) is 0 Å². The second-order valence-electron chi connectivity index (χ2n) is 6.38. The van der Waals surface area contributed by atoms with E-state index in [0.29, 0.717) is 0 Å². The molecule has 2 rings (SSSR count). The monoisotopic (exact) mass is 353 g/mol. The van der Waals surface area contributed by atoms with E-state index in [0.717, 1.165) is 35.2 Å². The number of hydrogen-bond acceptors (Lipinski definition) is 3. The molecule has 4 nitrogen and oxygen atoms in total. The van der Waals surface area contributed by atoms with E-state index in [1.807, 2.05) is 55.5 Å². The number of benzene rings is 2. The molecule has 0 radical (unpaired) electrons. The average molecular weight is 353 g/mol. The Morgan fingerprint density at radius 1 is 0.962 bits per heavy atom. The number of para-hydroxylation sites is 1. The molecule has 0 aliphatic heterocycles. The third kappa shape index (κ3) is 5.45. The van der Waals surface area contributed by atoms with Gasteiger partial charge in [0.1, 0.15) is 0 Å². The molecule has 0 fully saturated rings. The summed E-state index contributed by atoms with van der Waals surface area (Å²) in [6, 6.07) is 15.8. The molecule has 138 valence electrons. The fraction of sp³-hybridized carbons (Fsp3) is 0.364. The number of aryl methyl sites for hydroxylation is 2. The van der Waals surface area contributed by atoms with Crippen LogP contribution >= 0.6 is 0 Å². The molecule has 0 heterocycles. The van der Waals surface area contributed by atoms with Gasteiger partial charge in [0, 0.05) is 5.69 Å². The van der Waals surface area contributed by atoms with Gasteiger partial charge in [0.15, 0.2) is 6.61 Å². The first-order valence-electron chi connectivity index (χ1n) is 9.16. The molecule has 0 aliphatic rings. The Bertz CT molecular complexity index is 718. The summed E-state index contributed by atoms with van der Waals surface area (Å²) in [6.45, 7) is 5.81. The average Bonchev–Trinajstić information content (AvgIpc) is 2.67. The van der Waals surface area contributed by atoms with Crippen LogP contribution in [-0.2, 0) is 27.2 Å². The molecule has 0 aromatic heterocycles. The smallest absolute Gasteiger partial charge is 0.306 e. The molecule has 0 aliphatic carbocycles. The summed E-state index contributed by atoms with van der Waals surface area (Å²) in [6.07, 6.45) is 1.92. The summed E-state index contributed by atoms with van der Waals surface area (Å²) in [7, 11) is 0. The summed E-state index contributed by atoms with van der Waals surface area (Å²) in [5.74, 6) is -0.614. The number of nitrogens with one attached hydrogen (secondary N) is 1. The van der Waals surface area contributed by atoms with Crippen LogP contribution in [0.2, 0.25) is 0 Å². The summed E-state index contributed by atoms with van der Waals surface area (Å²) >= 11 is 0. The van der Waals surface area contributed by atoms with Gasteiger partial charge in [-0.3, -0.25) is 9.59 Å². The second-order valence-corrected chi connectivity index (χ2v) is 6.38. The van der Waals surface area contributed by atoms with Crippen molar-refractivity contribution in [1.82, 2.24) is 0 Å². The molecule has 0 spiro atoms. The minimum atomic E-state index is -0.365. The van der Waals surface area contributed by atoms with Crippen molar-refractivity contribution in [3.63, 3.8) is 0 Å².